The van der Waals surface area contributed by atoms with Gasteiger partial charge in [0, 0.05) is 18.3 Å². The molecule has 0 bridgehead atoms. The van der Waals surface area contributed by atoms with Gasteiger partial charge in [0.2, 0.25) is 0 Å². The summed E-state index contributed by atoms with van der Waals surface area (Å²) in [5.74, 6) is 0.898. The number of aromatic nitrogens is 2. The topological polar surface area (TPSA) is 37.8 Å². The number of nitrogens with zero attached hydrogens (tertiary/aromatic N) is 2. The molecular formula is C15H19N3. The summed E-state index contributed by atoms with van der Waals surface area (Å²) in [6.07, 6.45) is 3.74. The molecule has 2 aromatic rings. The normalized spacial score (nSPS) is 10.3. The van der Waals surface area contributed by atoms with Crippen molar-refractivity contribution >= 4 is 5.82 Å². The van der Waals surface area contributed by atoms with Crippen LogP contribution in [0.5, 0.6) is 0 Å². The fourth-order valence-corrected chi connectivity index (χ4v) is 1.90. The Morgan fingerprint density at radius 1 is 1.17 bits per heavy atom. The van der Waals surface area contributed by atoms with Crippen LogP contribution in [0, 0.1) is 6.92 Å². The first kappa shape index (κ1) is 12.6. The molecule has 1 aromatic carbocycles. The molecule has 1 aromatic heterocycles. The van der Waals surface area contributed by atoms with Crippen LogP contribution in [0.25, 0.3) is 0 Å². The SMILES string of the molecule is CCCc1cc(NCc2cccc(C)c2)ncn1. The summed E-state index contributed by atoms with van der Waals surface area (Å²) in [4.78, 5) is 8.48. The molecule has 0 atom stereocenters. The minimum atomic E-state index is 0.796. The van der Waals surface area contributed by atoms with Crippen molar-refractivity contribution < 1.29 is 0 Å². The Balaban J connectivity index is 1.99. The summed E-state index contributed by atoms with van der Waals surface area (Å²) < 4.78 is 0. The van der Waals surface area contributed by atoms with Gasteiger partial charge >= 0.3 is 0 Å². The van der Waals surface area contributed by atoms with Crippen LogP contribution in [0.4, 0.5) is 5.82 Å². The number of rotatable bonds is 5. The average Bonchev–Trinajstić information content (AvgIpc) is 2.37. The molecule has 0 aliphatic rings. The first-order valence-corrected chi connectivity index (χ1v) is 6.38. The molecule has 94 valence electrons. The molecule has 0 aliphatic carbocycles. The van der Waals surface area contributed by atoms with Crippen LogP contribution in [-0.2, 0) is 13.0 Å². The zero-order valence-electron chi connectivity index (χ0n) is 11.0. The summed E-state index contributed by atoms with van der Waals surface area (Å²) in [6.45, 7) is 5.06. The lowest BCUT2D eigenvalue weighted by atomic mass is 10.1. The Morgan fingerprint density at radius 2 is 2.06 bits per heavy atom. The minimum absolute atomic E-state index is 0.796. The van der Waals surface area contributed by atoms with Gasteiger partial charge in [0.05, 0.1) is 0 Å². The van der Waals surface area contributed by atoms with E-state index in [2.05, 4.69) is 53.4 Å². The van der Waals surface area contributed by atoms with Gasteiger partial charge in [-0.05, 0) is 18.9 Å². The van der Waals surface area contributed by atoms with Gasteiger partial charge in [-0.1, -0.05) is 43.2 Å². The summed E-state index contributed by atoms with van der Waals surface area (Å²) in [6, 6.07) is 10.5. The van der Waals surface area contributed by atoms with E-state index in [0.29, 0.717) is 0 Å². The Labute approximate surface area is 108 Å². The van der Waals surface area contributed by atoms with Crippen LogP contribution < -0.4 is 5.32 Å². The Hall–Kier alpha value is -1.90. The molecule has 0 saturated heterocycles. The highest BCUT2D eigenvalue weighted by atomic mass is 15.0. The summed E-state index contributed by atoms with van der Waals surface area (Å²) in [5.41, 5.74) is 3.65. The van der Waals surface area contributed by atoms with Crippen LogP contribution in [0.3, 0.4) is 0 Å². The van der Waals surface area contributed by atoms with E-state index in [0.717, 1.165) is 30.9 Å². The maximum Gasteiger partial charge on any atom is 0.129 e. The van der Waals surface area contributed by atoms with Gasteiger partial charge < -0.3 is 5.32 Å². The van der Waals surface area contributed by atoms with Crippen molar-refractivity contribution in [2.75, 3.05) is 5.32 Å². The van der Waals surface area contributed by atoms with Gasteiger partial charge in [-0.15, -0.1) is 0 Å². The number of nitrogens with one attached hydrogen (secondary N) is 1. The zero-order chi connectivity index (χ0) is 12.8. The summed E-state index contributed by atoms with van der Waals surface area (Å²) >= 11 is 0. The Morgan fingerprint density at radius 3 is 2.83 bits per heavy atom. The second-order valence-corrected chi connectivity index (χ2v) is 4.49. The predicted octanol–water partition coefficient (Wildman–Crippen LogP) is 3.35. The highest BCUT2D eigenvalue weighted by Gasteiger charge is 1.98. The molecule has 3 nitrogen and oxygen atoms in total. The molecule has 0 radical (unpaired) electrons. The third-order valence-electron chi connectivity index (χ3n) is 2.79. The largest absolute Gasteiger partial charge is 0.366 e. The number of hydrogen-bond donors (Lipinski definition) is 1. The number of anilines is 1. The fourth-order valence-electron chi connectivity index (χ4n) is 1.90. The summed E-state index contributed by atoms with van der Waals surface area (Å²) in [5, 5.41) is 3.34. The van der Waals surface area contributed by atoms with E-state index in [-0.39, 0.29) is 0 Å². The molecule has 3 heteroatoms. The molecule has 18 heavy (non-hydrogen) atoms. The van der Waals surface area contributed by atoms with Crippen molar-refractivity contribution in [3.05, 3.63) is 53.5 Å². The van der Waals surface area contributed by atoms with E-state index in [1.807, 2.05) is 6.07 Å². The van der Waals surface area contributed by atoms with Crippen LogP contribution >= 0.6 is 0 Å². The van der Waals surface area contributed by atoms with E-state index in [4.69, 9.17) is 0 Å². The van der Waals surface area contributed by atoms with E-state index in [1.165, 1.54) is 11.1 Å². The van der Waals surface area contributed by atoms with E-state index >= 15 is 0 Å². The molecule has 0 fully saturated rings. The quantitative estimate of drug-likeness (QED) is 0.872. The van der Waals surface area contributed by atoms with Gasteiger partial charge in [0.1, 0.15) is 12.1 Å². The lowest BCUT2D eigenvalue weighted by Gasteiger charge is -2.07. The monoisotopic (exact) mass is 241 g/mol. The van der Waals surface area contributed by atoms with Gasteiger partial charge in [-0.25, -0.2) is 9.97 Å². The molecule has 0 spiro atoms. The van der Waals surface area contributed by atoms with Crippen molar-refractivity contribution in [3.63, 3.8) is 0 Å². The Kier molecular flexibility index (Phi) is 4.29. The molecule has 1 heterocycles. The van der Waals surface area contributed by atoms with E-state index in [9.17, 15) is 0 Å². The van der Waals surface area contributed by atoms with Crippen molar-refractivity contribution in [1.29, 1.82) is 0 Å². The lowest BCUT2D eigenvalue weighted by molar-refractivity contribution is 0.871. The zero-order valence-corrected chi connectivity index (χ0v) is 11.0. The molecule has 0 aliphatic heterocycles. The highest BCUT2D eigenvalue weighted by molar-refractivity contribution is 5.36. The van der Waals surface area contributed by atoms with Crippen LogP contribution in [0.2, 0.25) is 0 Å². The molecule has 1 N–H and O–H groups in total. The molecule has 0 amide bonds. The minimum Gasteiger partial charge on any atom is -0.366 e. The standard InChI is InChI=1S/C15H19N3/c1-3-5-14-9-15(18-11-17-14)16-10-13-7-4-6-12(2)8-13/h4,6-9,11H,3,5,10H2,1-2H3,(H,16,17,18). The van der Waals surface area contributed by atoms with Crippen LogP contribution in [-0.4, -0.2) is 9.97 Å². The van der Waals surface area contributed by atoms with E-state index in [1.54, 1.807) is 6.33 Å². The van der Waals surface area contributed by atoms with Gasteiger partial charge in [-0.2, -0.15) is 0 Å². The van der Waals surface area contributed by atoms with Gasteiger partial charge in [0.15, 0.2) is 0 Å². The van der Waals surface area contributed by atoms with Gasteiger partial charge in [0.25, 0.3) is 0 Å². The molecule has 2 rings (SSSR count). The van der Waals surface area contributed by atoms with Crippen LogP contribution in [0.15, 0.2) is 36.7 Å². The molecule has 0 unspecified atom stereocenters. The highest BCUT2D eigenvalue weighted by Crippen LogP contribution is 2.09. The summed E-state index contributed by atoms with van der Waals surface area (Å²) in [7, 11) is 0. The number of aryl methyl sites for hydroxylation is 2. The maximum atomic E-state index is 4.25. The third-order valence-corrected chi connectivity index (χ3v) is 2.79. The van der Waals surface area contributed by atoms with Crippen molar-refractivity contribution in [2.24, 2.45) is 0 Å². The van der Waals surface area contributed by atoms with Crippen molar-refractivity contribution in [3.8, 4) is 0 Å². The molecular weight excluding hydrogens is 222 g/mol. The first-order chi connectivity index (χ1) is 8.78. The second kappa shape index (κ2) is 6.15. The van der Waals surface area contributed by atoms with Crippen LogP contribution in [0.1, 0.15) is 30.2 Å². The third kappa shape index (κ3) is 3.55. The van der Waals surface area contributed by atoms with E-state index < -0.39 is 0 Å². The number of hydrogen-bond acceptors (Lipinski definition) is 3. The van der Waals surface area contributed by atoms with Crippen molar-refractivity contribution in [2.45, 2.75) is 33.2 Å². The molecule has 0 saturated carbocycles. The fraction of sp³-hybridized carbons (Fsp3) is 0.333. The first-order valence-electron chi connectivity index (χ1n) is 6.38. The number of benzene rings is 1. The van der Waals surface area contributed by atoms with Gasteiger partial charge in [-0.3, -0.25) is 0 Å². The predicted molar refractivity (Wildman–Crippen MR) is 74.5 cm³/mol. The maximum absolute atomic E-state index is 4.25. The smallest absolute Gasteiger partial charge is 0.129 e. The average molecular weight is 241 g/mol. The second-order valence-electron chi connectivity index (χ2n) is 4.49. The van der Waals surface area contributed by atoms with Crippen molar-refractivity contribution in [1.82, 2.24) is 9.97 Å². The Bertz CT molecular complexity index is 509. The lowest BCUT2D eigenvalue weighted by Crippen LogP contribution is -2.03.